The van der Waals surface area contributed by atoms with E-state index in [1.54, 1.807) is 24.3 Å². The van der Waals surface area contributed by atoms with Gasteiger partial charge < -0.3 is 4.74 Å². The van der Waals surface area contributed by atoms with Crippen molar-refractivity contribution in [1.29, 1.82) is 0 Å². The summed E-state index contributed by atoms with van der Waals surface area (Å²) in [4.78, 5) is 38.8. The zero-order valence-corrected chi connectivity index (χ0v) is 15.9. The second-order valence-electron chi connectivity index (χ2n) is 7.43. The van der Waals surface area contributed by atoms with E-state index >= 15 is 0 Å². The Balaban J connectivity index is 1.42. The van der Waals surface area contributed by atoms with E-state index < -0.39 is 5.82 Å². The van der Waals surface area contributed by atoms with E-state index in [9.17, 15) is 18.8 Å². The zero-order valence-electron chi connectivity index (χ0n) is 15.9. The minimum absolute atomic E-state index is 0.160. The molecule has 2 atom stereocenters. The third-order valence-electron chi connectivity index (χ3n) is 5.45. The molecule has 2 amide bonds. The Morgan fingerprint density at radius 1 is 1.03 bits per heavy atom. The lowest BCUT2D eigenvalue weighted by atomic mass is 9.82. The Labute approximate surface area is 167 Å². The van der Waals surface area contributed by atoms with Gasteiger partial charge >= 0.3 is 0 Å². The van der Waals surface area contributed by atoms with Crippen molar-refractivity contribution in [2.45, 2.75) is 19.8 Å². The molecule has 0 saturated carbocycles. The number of nitrogens with zero attached hydrogens (tertiary/aromatic N) is 1. The van der Waals surface area contributed by atoms with Crippen molar-refractivity contribution in [2.75, 3.05) is 11.5 Å². The molecule has 0 bridgehead atoms. The monoisotopic (exact) mass is 393 g/mol. The fraction of sp³-hybridized carbons (Fsp3) is 0.261. The van der Waals surface area contributed by atoms with Crippen molar-refractivity contribution >= 4 is 23.3 Å². The van der Waals surface area contributed by atoms with Gasteiger partial charge in [0.1, 0.15) is 11.6 Å². The third kappa shape index (κ3) is 3.70. The number of hydrogen-bond acceptors (Lipinski definition) is 4. The predicted octanol–water partition coefficient (Wildman–Crippen LogP) is 3.93. The second-order valence-corrected chi connectivity index (χ2v) is 7.43. The first-order chi connectivity index (χ1) is 13.9. The van der Waals surface area contributed by atoms with Gasteiger partial charge in [-0.1, -0.05) is 11.6 Å². The summed E-state index contributed by atoms with van der Waals surface area (Å²) in [7, 11) is 0. The molecule has 0 unspecified atom stereocenters. The number of carbonyl (C=O) groups excluding carboxylic acids is 3. The van der Waals surface area contributed by atoms with Crippen LogP contribution in [0.5, 0.6) is 5.75 Å². The van der Waals surface area contributed by atoms with Gasteiger partial charge in [0.25, 0.3) is 0 Å². The normalized spacial score (nSPS) is 21.0. The van der Waals surface area contributed by atoms with Crippen LogP contribution in [-0.2, 0) is 9.59 Å². The highest BCUT2D eigenvalue weighted by molar-refractivity contribution is 6.22. The van der Waals surface area contributed by atoms with Crippen LogP contribution in [0, 0.1) is 17.7 Å². The van der Waals surface area contributed by atoms with Crippen molar-refractivity contribution in [1.82, 2.24) is 0 Å². The van der Waals surface area contributed by atoms with Crippen LogP contribution >= 0.6 is 0 Å². The summed E-state index contributed by atoms with van der Waals surface area (Å²) in [5.41, 5.74) is 2.01. The third-order valence-corrected chi connectivity index (χ3v) is 5.45. The maximum atomic E-state index is 12.9. The van der Waals surface area contributed by atoms with Gasteiger partial charge in [-0.2, -0.15) is 0 Å². The Morgan fingerprint density at radius 3 is 2.38 bits per heavy atom. The summed E-state index contributed by atoms with van der Waals surface area (Å²) in [5, 5.41) is 0. The number of benzene rings is 2. The molecule has 6 heteroatoms. The van der Waals surface area contributed by atoms with Gasteiger partial charge in [-0.3, -0.25) is 19.3 Å². The predicted molar refractivity (Wildman–Crippen MR) is 105 cm³/mol. The molecule has 148 valence electrons. The number of rotatable bonds is 5. The van der Waals surface area contributed by atoms with Crippen LogP contribution in [0.25, 0.3) is 0 Å². The highest BCUT2D eigenvalue weighted by Gasteiger charge is 2.48. The summed E-state index contributed by atoms with van der Waals surface area (Å²) < 4.78 is 18.4. The van der Waals surface area contributed by atoms with Crippen molar-refractivity contribution < 1.29 is 23.5 Å². The molecule has 1 saturated heterocycles. The van der Waals surface area contributed by atoms with Crippen LogP contribution in [0.4, 0.5) is 10.1 Å². The fourth-order valence-corrected chi connectivity index (χ4v) is 3.85. The van der Waals surface area contributed by atoms with Crippen LogP contribution < -0.4 is 9.64 Å². The van der Waals surface area contributed by atoms with Crippen LogP contribution in [0.3, 0.4) is 0 Å². The van der Waals surface area contributed by atoms with Gasteiger partial charge in [-0.05, 0) is 68.3 Å². The van der Waals surface area contributed by atoms with E-state index in [0.29, 0.717) is 29.8 Å². The van der Waals surface area contributed by atoms with Gasteiger partial charge in [-0.25, -0.2) is 4.39 Å². The summed E-state index contributed by atoms with van der Waals surface area (Å²) in [6, 6.07) is 11.8. The van der Waals surface area contributed by atoms with E-state index in [4.69, 9.17) is 4.74 Å². The molecular formula is C23H20FNO4. The quantitative estimate of drug-likeness (QED) is 0.439. The van der Waals surface area contributed by atoms with E-state index in [-0.39, 0.29) is 36.0 Å². The first-order valence-electron chi connectivity index (χ1n) is 9.49. The highest BCUT2D eigenvalue weighted by Crippen LogP contribution is 2.39. The standard InChI is InChI=1S/C23H20FNO4/c1-14-2-11-19-20(12-14)23(28)25(22(19)27)17-7-9-18(10-8-17)29-13-21(26)15-3-5-16(24)6-4-15/h2-10,19-20H,11-13H2,1H3/t19-,20+/m1/s1. The average Bonchev–Trinajstić information content (AvgIpc) is 2.97. The van der Waals surface area contributed by atoms with Gasteiger partial charge in [0, 0.05) is 5.56 Å². The molecule has 0 radical (unpaired) electrons. The van der Waals surface area contributed by atoms with Crippen LogP contribution in [0.2, 0.25) is 0 Å². The van der Waals surface area contributed by atoms with E-state index in [2.05, 4.69) is 0 Å². The molecule has 0 aromatic heterocycles. The first-order valence-corrected chi connectivity index (χ1v) is 9.49. The molecule has 1 heterocycles. The summed E-state index contributed by atoms with van der Waals surface area (Å²) in [6.07, 6.45) is 3.26. The zero-order chi connectivity index (χ0) is 20.5. The maximum absolute atomic E-state index is 12.9. The lowest BCUT2D eigenvalue weighted by Gasteiger charge is -2.18. The summed E-state index contributed by atoms with van der Waals surface area (Å²) >= 11 is 0. The molecule has 0 N–H and O–H groups in total. The van der Waals surface area contributed by atoms with Crippen molar-refractivity contribution in [3.05, 3.63) is 71.6 Å². The molecule has 4 rings (SSSR count). The molecule has 2 aromatic carbocycles. The van der Waals surface area contributed by atoms with E-state index in [0.717, 1.165) is 5.57 Å². The Hall–Kier alpha value is -3.28. The van der Waals surface area contributed by atoms with Crippen molar-refractivity contribution in [2.24, 2.45) is 11.8 Å². The number of fused-ring (bicyclic) bond motifs is 1. The lowest BCUT2D eigenvalue weighted by Crippen LogP contribution is -2.30. The SMILES string of the molecule is CC1=CC[C@H]2C(=O)N(c3ccc(OCC(=O)c4ccc(F)cc4)cc3)C(=O)[C@H]2C1. The number of hydrogen-bond donors (Lipinski definition) is 0. The van der Waals surface area contributed by atoms with Crippen LogP contribution in [-0.4, -0.2) is 24.2 Å². The Morgan fingerprint density at radius 2 is 1.69 bits per heavy atom. The number of halogens is 1. The number of amides is 2. The van der Waals surface area contributed by atoms with Gasteiger partial charge in [0.2, 0.25) is 11.8 Å². The molecule has 2 aromatic rings. The molecule has 2 aliphatic rings. The average molecular weight is 393 g/mol. The van der Waals surface area contributed by atoms with E-state index in [1.165, 1.54) is 29.2 Å². The molecule has 0 spiro atoms. The molecular weight excluding hydrogens is 373 g/mol. The summed E-state index contributed by atoms with van der Waals surface area (Å²) in [5.74, 6) is -1.12. The van der Waals surface area contributed by atoms with Gasteiger partial charge in [-0.15, -0.1) is 0 Å². The summed E-state index contributed by atoms with van der Waals surface area (Å²) in [6.45, 7) is 1.79. The highest BCUT2D eigenvalue weighted by atomic mass is 19.1. The van der Waals surface area contributed by atoms with Crippen molar-refractivity contribution in [3.63, 3.8) is 0 Å². The minimum atomic E-state index is -0.408. The smallest absolute Gasteiger partial charge is 0.238 e. The van der Waals surface area contributed by atoms with Crippen LogP contribution in [0.15, 0.2) is 60.2 Å². The minimum Gasteiger partial charge on any atom is -0.485 e. The van der Waals surface area contributed by atoms with Crippen LogP contribution in [0.1, 0.15) is 30.1 Å². The number of ketones is 1. The molecule has 1 fully saturated rings. The molecule has 5 nitrogen and oxygen atoms in total. The number of imide groups is 1. The number of allylic oxidation sites excluding steroid dienone is 2. The topological polar surface area (TPSA) is 63.7 Å². The van der Waals surface area contributed by atoms with Gasteiger partial charge in [0.15, 0.2) is 12.4 Å². The number of ether oxygens (including phenoxy) is 1. The Kier molecular flexibility index (Phi) is 5.01. The lowest BCUT2D eigenvalue weighted by molar-refractivity contribution is -0.122. The fourth-order valence-electron chi connectivity index (χ4n) is 3.85. The van der Waals surface area contributed by atoms with E-state index in [1.807, 2.05) is 13.0 Å². The second kappa shape index (κ2) is 7.62. The largest absolute Gasteiger partial charge is 0.485 e. The number of carbonyl (C=O) groups is 3. The molecule has 1 aliphatic carbocycles. The number of Topliss-reactive ketones (excluding diaryl/α,β-unsaturated/α-hetero) is 1. The Bertz CT molecular complexity index is 995. The van der Waals surface area contributed by atoms with Crippen molar-refractivity contribution in [3.8, 4) is 5.75 Å². The molecule has 29 heavy (non-hydrogen) atoms. The van der Waals surface area contributed by atoms with Gasteiger partial charge in [0.05, 0.1) is 17.5 Å². The molecule has 1 aliphatic heterocycles. The maximum Gasteiger partial charge on any atom is 0.238 e. The first kappa shape index (κ1) is 19.1. The number of anilines is 1.